The topological polar surface area (TPSA) is 17.1 Å². The molecule has 0 spiro atoms. The molecule has 0 aliphatic heterocycles. The van der Waals surface area contributed by atoms with Gasteiger partial charge in [-0.25, -0.2) is 8.78 Å². The van der Waals surface area contributed by atoms with Crippen LogP contribution in [0.25, 0.3) is 0 Å². The lowest BCUT2D eigenvalue weighted by Crippen LogP contribution is -2.01. The van der Waals surface area contributed by atoms with Gasteiger partial charge < -0.3 is 0 Å². The monoisotopic (exact) mass is 286 g/mol. The van der Waals surface area contributed by atoms with Crippen molar-refractivity contribution in [2.75, 3.05) is 0 Å². The molecule has 94 valence electrons. The van der Waals surface area contributed by atoms with E-state index in [1.807, 2.05) is 0 Å². The first kappa shape index (κ1) is 13.2. The number of halogens is 3. The molecule has 5 heteroatoms. The fraction of sp³-hybridized carbons (Fsp3) is 0.0769. The first-order valence-corrected chi connectivity index (χ1v) is 6.84. The molecular formula is C13H9ClF2OS. The van der Waals surface area contributed by atoms with Crippen molar-refractivity contribution in [1.29, 1.82) is 0 Å². The van der Waals surface area contributed by atoms with Crippen LogP contribution in [0.4, 0.5) is 8.78 Å². The van der Waals surface area contributed by atoms with E-state index in [0.29, 0.717) is 5.02 Å². The molecule has 18 heavy (non-hydrogen) atoms. The van der Waals surface area contributed by atoms with Crippen molar-refractivity contribution >= 4 is 22.4 Å². The molecule has 0 heterocycles. The molecule has 1 unspecified atom stereocenters. The van der Waals surface area contributed by atoms with E-state index >= 15 is 0 Å². The zero-order valence-electron chi connectivity index (χ0n) is 9.20. The first-order valence-electron chi connectivity index (χ1n) is 5.15. The van der Waals surface area contributed by atoms with Crippen LogP contribution in [0.2, 0.25) is 5.02 Å². The van der Waals surface area contributed by atoms with Crippen LogP contribution in [-0.2, 0) is 16.6 Å². The van der Waals surface area contributed by atoms with Crippen LogP contribution in [-0.4, -0.2) is 4.21 Å². The smallest absolute Gasteiger partial charge is 0.139 e. The molecule has 0 aliphatic carbocycles. The van der Waals surface area contributed by atoms with Crippen LogP contribution < -0.4 is 0 Å². The highest BCUT2D eigenvalue weighted by molar-refractivity contribution is 7.84. The van der Waals surface area contributed by atoms with Gasteiger partial charge >= 0.3 is 0 Å². The molecule has 0 saturated carbocycles. The van der Waals surface area contributed by atoms with E-state index < -0.39 is 22.4 Å². The second-order valence-electron chi connectivity index (χ2n) is 3.66. The van der Waals surface area contributed by atoms with E-state index in [2.05, 4.69) is 0 Å². The summed E-state index contributed by atoms with van der Waals surface area (Å²) in [5.74, 6) is -1.16. The van der Waals surface area contributed by atoms with Crippen LogP contribution >= 0.6 is 11.6 Å². The largest absolute Gasteiger partial charge is 0.254 e. The van der Waals surface area contributed by atoms with Crippen LogP contribution in [0.15, 0.2) is 47.4 Å². The Hall–Kier alpha value is -1.26. The lowest BCUT2D eigenvalue weighted by Gasteiger charge is -2.05. The molecule has 1 atom stereocenters. The van der Waals surface area contributed by atoms with Gasteiger partial charge in [-0.15, -0.1) is 0 Å². The van der Waals surface area contributed by atoms with Gasteiger partial charge in [-0.2, -0.15) is 0 Å². The molecule has 0 saturated heterocycles. The van der Waals surface area contributed by atoms with E-state index in [1.54, 1.807) is 6.07 Å². The molecule has 0 aromatic heterocycles. The van der Waals surface area contributed by atoms with Gasteiger partial charge in [0.1, 0.15) is 11.6 Å². The molecule has 0 fully saturated rings. The molecule has 0 aliphatic rings. The van der Waals surface area contributed by atoms with Crippen molar-refractivity contribution in [3.63, 3.8) is 0 Å². The van der Waals surface area contributed by atoms with Gasteiger partial charge in [0.15, 0.2) is 0 Å². The molecule has 2 rings (SSSR count). The standard InChI is InChI=1S/C13H9ClF2OS/c14-10-5-6-11(15)9(7-10)8-18(17)13-4-2-1-3-12(13)16/h1-7H,8H2. The number of hydrogen-bond acceptors (Lipinski definition) is 1. The first-order chi connectivity index (χ1) is 8.58. The average Bonchev–Trinajstić information content (AvgIpc) is 2.34. The molecule has 0 amide bonds. The lowest BCUT2D eigenvalue weighted by atomic mass is 10.2. The maximum absolute atomic E-state index is 13.5. The molecule has 2 aromatic rings. The van der Waals surface area contributed by atoms with Gasteiger partial charge in [0.25, 0.3) is 0 Å². The normalized spacial score (nSPS) is 12.4. The minimum Gasteiger partial charge on any atom is -0.254 e. The average molecular weight is 287 g/mol. The highest BCUT2D eigenvalue weighted by Crippen LogP contribution is 2.20. The minimum atomic E-state index is -1.64. The van der Waals surface area contributed by atoms with Crippen molar-refractivity contribution in [1.82, 2.24) is 0 Å². The molecular weight excluding hydrogens is 278 g/mol. The van der Waals surface area contributed by atoms with Gasteiger partial charge in [0, 0.05) is 10.6 Å². The van der Waals surface area contributed by atoms with Crippen LogP contribution in [0.3, 0.4) is 0 Å². The Bertz CT molecular complexity index is 601. The Morgan fingerprint density at radius 2 is 1.78 bits per heavy atom. The van der Waals surface area contributed by atoms with E-state index in [9.17, 15) is 13.0 Å². The summed E-state index contributed by atoms with van der Waals surface area (Å²) in [4.78, 5) is 0.0666. The SMILES string of the molecule is O=S(Cc1cc(Cl)ccc1F)c1ccccc1F. The van der Waals surface area contributed by atoms with E-state index in [0.717, 1.165) is 0 Å². The number of rotatable bonds is 3. The molecule has 0 radical (unpaired) electrons. The second-order valence-corrected chi connectivity index (χ2v) is 5.51. The van der Waals surface area contributed by atoms with E-state index in [4.69, 9.17) is 11.6 Å². The van der Waals surface area contributed by atoms with Crippen molar-refractivity contribution in [3.05, 3.63) is 64.7 Å². The van der Waals surface area contributed by atoms with Gasteiger partial charge in [-0.3, -0.25) is 4.21 Å². The summed E-state index contributed by atoms with van der Waals surface area (Å²) in [6.07, 6.45) is 0. The molecule has 1 nitrogen and oxygen atoms in total. The quantitative estimate of drug-likeness (QED) is 0.836. The zero-order valence-corrected chi connectivity index (χ0v) is 10.8. The Morgan fingerprint density at radius 1 is 1.06 bits per heavy atom. The Morgan fingerprint density at radius 3 is 2.50 bits per heavy atom. The maximum atomic E-state index is 13.5. The summed E-state index contributed by atoms with van der Waals surface area (Å²) < 4.78 is 38.8. The molecule has 0 N–H and O–H groups in total. The summed E-state index contributed by atoms with van der Waals surface area (Å²) >= 11 is 5.74. The molecule has 2 aromatic carbocycles. The fourth-order valence-corrected chi connectivity index (χ4v) is 2.87. The van der Waals surface area contributed by atoms with Gasteiger partial charge in [-0.1, -0.05) is 23.7 Å². The number of benzene rings is 2. The summed E-state index contributed by atoms with van der Waals surface area (Å²) in [6, 6.07) is 9.76. The predicted octanol–water partition coefficient (Wildman–Crippen LogP) is 3.93. The van der Waals surface area contributed by atoms with Crippen molar-refractivity contribution in [2.45, 2.75) is 10.6 Å². The van der Waals surface area contributed by atoms with Crippen molar-refractivity contribution < 1.29 is 13.0 Å². The highest BCUT2D eigenvalue weighted by atomic mass is 35.5. The van der Waals surface area contributed by atoms with E-state index in [1.165, 1.54) is 36.4 Å². The summed E-state index contributed by atoms with van der Waals surface area (Å²) in [5, 5.41) is 0.358. The maximum Gasteiger partial charge on any atom is 0.139 e. The van der Waals surface area contributed by atoms with E-state index in [-0.39, 0.29) is 16.2 Å². The van der Waals surface area contributed by atoms with Gasteiger partial charge in [-0.05, 0) is 30.3 Å². The fourth-order valence-electron chi connectivity index (χ4n) is 1.50. The van der Waals surface area contributed by atoms with Crippen LogP contribution in [0.1, 0.15) is 5.56 Å². The zero-order chi connectivity index (χ0) is 13.1. The summed E-state index contributed by atoms with van der Waals surface area (Å²) in [6.45, 7) is 0. The summed E-state index contributed by atoms with van der Waals surface area (Å²) in [5.41, 5.74) is 0.212. The van der Waals surface area contributed by atoms with Gasteiger partial charge in [0.05, 0.1) is 21.4 Å². The van der Waals surface area contributed by atoms with Crippen LogP contribution in [0.5, 0.6) is 0 Å². The summed E-state index contributed by atoms with van der Waals surface area (Å²) in [7, 11) is -1.64. The highest BCUT2D eigenvalue weighted by Gasteiger charge is 2.12. The third-order valence-electron chi connectivity index (χ3n) is 2.38. The lowest BCUT2D eigenvalue weighted by molar-refractivity contribution is 0.593. The third kappa shape index (κ3) is 2.94. The Balaban J connectivity index is 2.27. The number of hydrogen-bond donors (Lipinski definition) is 0. The second kappa shape index (κ2) is 5.59. The van der Waals surface area contributed by atoms with Gasteiger partial charge in [0.2, 0.25) is 0 Å². The molecule has 0 bridgehead atoms. The predicted molar refractivity (Wildman–Crippen MR) is 67.9 cm³/mol. The van der Waals surface area contributed by atoms with Crippen molar-refractivity contribution in [2.24, 2.45) is 0 Å². The van der Waals surface area contributed by atoms with Crippen molar-refractivity contribution in [3.8, 4) is 0 Å². The van der Waals surface area contributed by atoms with Crippen LogP contribution in [0, 0.1) is 11.6 Å². The Kier molecular flexibility index (Phi) is 4.09. The Labute approximate surface area is 111 Å². The minimum absolute atomic E-state index is 0.0666. The third-order valence-corrected chi connectivity index (χ3v) is 4.01.